The van der Waals surface area contributed by atoms with Gasteiger partial charge in [-0.05, 0) is 24.1 Å². The lowest BCUT2D eigenvalue weighted by Gasteiger charge is -2.13. The third-order valence-corrected chi connectivity index (χ3v) is 4.65. The van der Waals surface area contributed by atoms with E-state index in [4.69, 9.17) is 23.2 Å². The highest BCUT2D eigenvalue weighted by Crippen LogP contribution is 2.63. The zero-order chi connectivity index (χ0) is 15.6. The third-order valence-electron chi connectivity index (χ3n) is 3.71. The van der Waals surface area contributed by atoms with E-state index in [1.165, 1.54) is 0 Å². The summed E-state index contributed by atoms with van der Waals surface area (Å²) in [6, 6.07) is 12.9. The van der Waals surface area contributed by atoms with Crippen LogP contribution in [0.2, 0.25) is 0 Å². The first kappa shape index (κ1) is 15.0. The second-order valence-corrected chi connectivity index (χ2v) is 6.64. The van der Waals surface area contributed by atoms with E-state index in [2.05, 4.69) is 15.5 Å². The molecular weight excluding hydrogens is 321 g/mol. The molecule has 1 N–H and O–H groups in total. The molecule has 1 atom stereocenters. The van der Waals surface area contributed by atoms with Crippen LogP contribution in [0.3, 0.4) is 0 Å². The highest BCUT2D eigenvalue weighted by atomic mass is 35.5. The summed E-state index contributed by atoms with van der Waals surface area (Å²) in [7, 11) is 0. The van der Waals surface area contributed by atoms with Crippen molar-refractivity contribution in [3.63, 3.8) is 0 Å². The van der Waals surface area contributed by atoms with Crippen LogP contribution in [0, 0.1) is 0 Å². The molecule has 3 rings (SSSR count). The van der Waals surface area contributed by atoms with Gasteiger partial charge in [0.2, 0.25) is 0 Å². The zero-order valence-electron chi connectivity index (χ0n) is 11.5. The fraction of sp³-hybridized carbons (Fsp3) is 0.188. The van der Waals surface area contributed by atoms with Crippen LogP contribution in [0.1, 0.15) is 22.3 Å². The summed E-state index contributed by atoms with van der Waals surface area (Å²) in [5, 5.41) is 4.04. The molecule has 0 radical (unpaired) electrons. The van der Waals surface area contributed by atoms with Gasteiger partial charge in [0, 0.05) is 24.2 Å². The number of hydrogen-bond donors (Lipinski definition) is 1. The van der Waals surface area contributed by atoms with E-state index in [0.29, 0.717) is 12.0 Å². The summed E-state index contributed by atoms with van der Waals surface area (Å²) in [5.41, 5.74) is 3.38. The molecule has 112 valence electrons. The molecule has 4 nitrogen and oxygen atoms in total. The number of carbonyl (C=O) groups is 1. The fourth-order valence-corrected chi connectivity index (χ4v) is 3.08. The van der Waals surface area contributed by atoms with Crippen molar-refractivity contribution in [3.05, 3.63) is 66.0 Å². The molecule has 1 aromatic heterocycles. The standard InChI is InChI=1S/C16H13Cl2N3O/c17-16(18)10-15(16,13-4-2-1-3-5-13)11-20-21-14(22)12-6-8-19-9-7-12/h1-9,11H,10H2,(H,21,22)/b20-11-/t15-/m0/s1. The highest BCUT2D eigenvalue weighted by molar-refractivity contribution is 6.53. The molecule has 1 heterocycles. The van der Waals surface area contributed by atoms with Crippen LogP contribution in [0.4, 0.5) is 0 Å². The molecule has 1 saturated carbocycles. The molecular formula is C16H13Cl2N3O. The predicted molar refractivity (Wildman–Crippen MR) is 87.4 cm³/mol. The maximum atomic E-state index is 11.9. The number of benzene rings is 1. The Morgan fingerprint density at radius 2 is 1.82 bits per heavy atom. The second-order valence-electron chi connectivity index (χ2n) is 5.15. The Kier molecular flexibility index (Phi) is 3.89. The summed E-state index contributed by atoms with van der Waals surface area (Å²) in [4.78, 5) is 15.8. The van der Waals surface area contributed by atoms with Crippen molar-refractivity contribution < 1.29 is 4.79 Å². The molecule has 0 unspecified atom stereocenters. The van der Waals surface area contributed by atoms with Crippen molar-refractivity contribution in [2.24, 2.45) is 5.10 Å². The Morgan fingerprint density at radius 3 is 2.41 bits per heavy atom. The number of carbonyl (C=O) groups excluding carboxylic acids is 1. The van der Waals surface area contributed by atoms with Gasteiger partial charge in [-0.1, -0.05) is 30.3 Å². The Morgan fingerprint density at radius 1 is 1.18 bits per heavy atom. The van der Waals surface area contributed by atoms with E-state index in [1.807, 2.05) is 30.3 Å². The van der Waals surface area contributed by atoms with Crippen LogP contribution in [0.5, 0.6) is 0 Å². The van der Waals surface area contributed by atoms with Gasteiger partial charge in [-0.15, -0.1) is 23.2 Å². The molecule has 6 heteroatoms. The van der Waals surface area contributed by atoms with E-state index in [0.717, 1.165) is 5.56 Å². The van der Waals surface area contributed by atoms with Crippen LogP contribution in [-0.2, 0) is 5.41 Å². The molecule has 1 amide bonds. The molecule has 0 saturated heterocycles. The van der Waals surface area contributed by atoms with E-state index >= 15 is 0 Å². The molecule has 0 spiro atoms. The zero-order valence-corrected chi connectivity index (χ0v) is 13.1. The van der Waals surface area contributed by atoms with Gasteiger partial charge in [0.25, 0.3) is 5.91 Å². The van der Waals surface area contributed by atoms with Crippen LogP contribution in [0.25, 0.3) is 0 Å². The van der Waals surface area contributed by atoms with E-state index in [1.54, 1.807) is 30.7 Å². The van der Waals surface area contributed by atoms with E-state index < -0.39 is 9.75 Å². The topological polar surface area (TPSA) is 54.4 Å². The SMILES string of the molecule is O=C(N/N=C\[C@]1(c2ccccc2)CC1(Cl)Cl)c1ccncc1. The second kappa shape index (κ2) is 5.71. The number of hydrazone groups is 1. The molecule has 22 heavy (non-hydrogen) atoms. The Balaban J connectivity index is 1.75. The van der Waals surface area contributed by atoms with Gasteiger partial charge in [-0.25, -0.2) is 5.43 Å². The third kappa shape index (κ3) is 2.72. The van der Waals surface area contributed by atoms with Gasteiger partial charge in [0.15, 0.2) is 0 Å². The minimum Gasteiger partial charge on any atom is -0.267 e. The molecule has 1 aliphatic rings. The fourth-order valence-electron chi connectivity index (χ4n) is 2.34. The number of hydrogen-bond acceptors (Lipinski definition) is 3. The summed E-state index contributed by atoms with van der Waals surface area (Å²) < 4.78 is -0.904. The highest BCUT2D eigenvalue weighted by Gasteiger charge is 2.66. The Hall–Kier alpha value is -1.91. The maximum absolute atomic E-state index is 11.9. The van der Waals surface area contributed by atoms with E-state index in [-0.39, 0.29) is 5.91 Å². The van der Waals surface area contributed by atoms with Gasteiger partial charge < -0.3 is 0 Å². The number of nitrogens with zero attached hydrogens (tertiary/aromatic N) is 2. The van der Waals surface area contributed by atoms with Gasteiger partial charge in [-0.2, -0.15) is 5.10 Å². The lowest BCUT2D eigenvalue weighted by atomic mass is 9.97. The average Bonchev–Trinajstić information content (AvgIpc) is 3.11. The van der Waals surface area contributed by atoms with Gasteiger partial charge in [0.05, 0.1) is 5.41 Å². The number of nitrogens with one attached hydrogen (secondary N) is 1. The molecule has 1 aromatic carbocycles. The number of pyridine rings is 1. The average molecular weight is 334 g/mol. The van der Waals surface area contributed by atoms with Crippen molar-refractivity contribution in [1.82, 2.24) is 10.4 Å². The Bertz CT molecular complexity index is 704. The molecule has 0 aliphatic heterocycles. The first-order chi connectivity index (χ1) is 10.6. The molecule has 0 bridgehead atoms. The molecule has 1 fully saturated rings. The number of halogens is 2. The van der Waals surface area contributed by atoms with Crippen molar-refractivity contribution in [2.45, 2.75) is 16.2 Å². The summed E-state index contributed by atoms with van der Waals surface area (Å²) in [5.74, 6) is -0.308. The number of alkyl halides is 2. The van der Waals surface area contributed by atoms with Crippen molar-refractivity contribution in [3.8, 4) is 0 Å². The number of rotatable bonds is 4. The quantitative estimate of drug-likeness (QED) is 0.530. The van der Waals surface area contributed by atoms with Crippen molar-refractivity contribution in [2.75, 3.05) is 0 Å². The summed E-state index contributed by atoms with van der Waals surface area (Å²) >= 11 is 12.6. The van der Waals surface area contributed by atoms with Gasteiger partial charge in [-0.3, -0.25) is 9.78 Å². The van der Waals surface area contributed by atoms with Gasteiger partial charge >= 0.3 is 0 Å². The van der Waals surface area contributed by atoms with Crippen LogP contribution < -0.4 is 5.43 Å². The largest absolute Gasteiger partial charge is 0.271 e. The van der Waals surface area contributed by atoms with Crippen molar-refractivity contribution in [1.29, 1.82) is 0 Å². The minimum atomic E-state index is -0.904. The monoisotopic (exact) mass is 333 g/mol. The normalized spacial score (nSPS) is 22.5. The maximum Gasteiger partial charge on any atom is 0.271 e. The number of amides is 1. The predicted octanol–water partition coefficient (Wildman–Crippen LogP) is 3.31. The summed E-state index contributed by atoms with van der Waals surface area (Å²) in [6.07, 6.45) is 5.27. The number of aromatic nitrogens is 1. The summed E-state index contributed by atoms with van der Waals surface area (Å²) in [6.45, 7) is 0. The first-order valence-corrected chi connectivity index (χ1v) is 7.49. The lowest BCUT2D eigenvalue weighted by molar-refractivity contribution is 0.0955. The van der Waals surface area contributed by atoms with Crippen LogP contribution in [-0.4, -0.2) is 21.4 Å². The molecule has 2 aromatic rings. The lowest BCUT2D eigenvalue weighted by Crippen LogP contribution is -2.22. The smallest absolute Gasteiger partial charge is 0.267 e. The first-order valence-electron chi connectivity index (χ1n) is 6.73. The van der Waals surface area contributed by atoms with Gasteiger partial charge in [0.1, 0.15) is 4.33 Å². The van der Waals surface area contributed by atoms with Crippen molar-refractivity contribution >= 4 is 35.3 Å². The minimum absolute atomic E-state index is 0.308. The Labute approximate surface area is 138 Å². The van der Waals surface area contributed by atoms with Crippen LogP contribution in [0.15, 0.2) is 60.0 Å². The van der Waals surface area contributed by atoms with E-state index in [9.17, 15) is 4.79 Å². The molecule has 1 aliphatic carbocycles. The van der Waals surface area contributed by atoms with Crippen LogP contribution >= 0.6 is 23.2 Å².